The van der Waals surface area contributed by atoms with Crippen LogP contribution in [0.1, 0.15) is 44.3 Å². The third kappa shape index (κ3) is 3.85. The molecule has 22 heavy (non-hydrogen) atoms. The first-order chi connectivity index (χ1) is 10.5. The summed E-state index contributed by atoms with van der Waals surface area (Å²) < 4.78 is 7.31. The summed E-state index contributed by atoms with van der Waals surface area (Å²) >= 11 is 0. The number of rotatable bonds is 7. The molecule has 2 N–H and O–H groups in total. The number of amides is 1. The number of carbonyl (C=O) groups excluding carboxylic acids is 1. The molecular formula is C15H23N3O4. The van der Waals surface area contributed by atoms with Gasteiger partial charge >= 0.3 is 5.97 Å². The molecule has 2 rings (SSSR count). The van der Waals surface area contributed by atoms with Gasteiger partial charge in [0.25, 0.3) is 0 Å². The van der Waals surface area contributed by atoms with Crippen LogP contribution in [-0.2, 0) is 21.4 Å². The molecule has 1 aromatic heterocycles. The maximum atomic E-state index is 12.4. The molecule has 1 fully saturated rings. The van der Waals surface area contributed by atoms with Gasteiger partial charge in [0.05, 0.1) is 18.2 Å². The van der Waals surface area contributed by atoms with Gasteiger partial charge in [-0.1, -0.05) is 19.8 Å². The van der Waals surface area contributed by atoms with E-state index < -0.39 is 12.0 Å². The summed E-state index contributed by atoms with van der Waals surface area (Å²) in [5.41, 5.74) is 0.848. The number of ether oxygens (including phenoxy) is 1. The molecule has 0 spiro atoms. The molecule has 1 saturated heterocycles. The normalized spacial score (nSPS) is 22.5. The van der Waals surface area contributed by atoms with Crippen molar-refractivity contribution in [1.29, 1.82) is 0 Å². The van der Waals surface area contributed by atoms with E-state index in [-0.39, 0.29) is 17.9 Å². The lowest BCUT2D eigenvalue weighted by Gasteiger charge is -2.20. The first kappa shape index (κ1) is 16.5. The lowest BCUT2D eigenvalue weighted by atomic mass is 9.96. The zero-order valence-electron chi connectivity index (χ0n) is 13.0. The van der Waals surface area contributed by atoms with Gasteiger partial charge in [0, 0.05) is 25.4 Å². The number of nitrogens with one attached hydrogen (secondary N) is 1. The minimum Gasteiger partial charge on any atom is -0.480 e. The predicted octanol–water partition coefficient (Wildman–Crippen LogP) is 1.26. The van der Waals surface area contributed by atoms with Crippen LogP contribution >= 0.6 is 0 Å². The molecule has 0 aromatic carbocycles. The Morgan fingerprint density at radius 3 is 2.95 bits per heavy atom. The van der Waals surface area contributed by atoms with E-state index in [0.29, 0.717) is 19.4 Å². The van der Waals surface area contributed by atoms with E-state index in [9.17, 15) is 14.7 Å². The van der Waals surface area contributed by atoms with E-state index in [2.05, 4.69) is 10.4 Å². The Balaban J connectivity index is 2.02. The fourth-order valence-electron chi connectivity index (χ4n) is 2.72. The number of hydrogen-bond donors (Lipinski definition) is 2. The predicted molar refractivity (Wildman–Crippen MR) is 79.1 cm³/mol. The SMILES string of the molecule is CCCCC(NC(=O)[C@H]1CCO[C@@H]1c1cnn(C)c1)C(=O)O. The van der Waals surface area contributed by atoms with Crippen molar-refractivity contribution in [3.05, 3.63) is 18.0 Å². The molecule has 0 saturated carbocycles. The van der Waals surface area contributed by atoms with Crippen LogP contribution in [0.5, 0.6) is 0 Å². The molecule has 1 unspecified atom stereocenters. The third-order valence-electron chi connectivity index (χ3n) is 3.94. The summed E-state index contributed by atoms with van der Waals surface area (Å²) in [5.74, 6) is -1.61. The second kappa shape index (κ2) is 7.40. The largest absolute Gasteiger partial charge is 0.480 e. The number of aromatic nitrogens is 2. The van der Waals surface area contributed by atoms with Gasteiger partial charge < -0.3 is 15.2 Å². The van der Waals surface area contributed by atoms with E-state index in [1.54, 1.807) is 17.9 Å². The Kier molecular flexibility index (Phi) is 5.54. The van der Waals surface area contributed by atoms with E-state index in [0.717, 1.165) is 18.4 Å². The minimum absolute atomic E-state index is 0.255. The van der Waals surface area contributed by atoms with Crippen LogP contribution in [0.3, 0.4) is 0 Å². The number of nitrogens with zero attached hydrogens (tertiary/aromatic N) is 2. The summed E-state index contributed by atoms with van der Waals surface area (Å²) in [6.45, 7) is 2.48. The van der Waals surface area contributed by atoms with E-state index >= 15 is 0 Å². The van der Waals surface area contributed by atoms with Crippen molar-refractivity contribution < 1.29 is 19.4 Å². The number of carbonyl (C=O) groups is 2. The molecule has 0 bridgehead atoms. The second-order valence-corrected chi connectivity index (χ2v) is 5.68. The first-order valence-corrected chi connectivity index (χ1v) is 7.66. The molecule has 2 heterocycles. The van der Waals surface area contributed by atoms with Crippen LogP contribution in [0, 0.1) is 5.92 Å². The molecule has 0 aliphatic carbocycles. The number of carboxylic acid groups (broad SMARTS) is 1. The average molecular weight is 309 g/mol. The van der Waals surface area contributed by atoms with Gasteiger partial charge in [0.15, 0.2) is 0 Å². The number of carboxylic acids is 1. The highest BCUT2D eigenvalue weighted by Crippen LogP contribution is 2.34. The van der Waals surface area contributed by atoms with Crippen molar-refractivity contribution in [1.82, 2.24) is 15.1 Å². The van der Waals surface area contributed by atoms with Crippen molar-refractivity contribution in [2.24, 2.45) is 13.0 Å². The van der Waals surface area contributed by atoms with Gasteiger partial charge in [-0.3, -0.25) is 9.48 Å². The zero-order chi connectivity index (χ0) is 16.1. The van der Waals surface area contributed by atoms with E-state index in [4.69, 9.17) is 4.74 Å². The lowest BCUT2D eigenvalue weighted by molar-refractivity contribution is -0.143. The molecule has 122 valence electrons. The number of unbranched alkanes of at least 4 members (excludes halogenated alkanes) is 1. The monoisotopic (exact) mass is 309 g/mol. The zero-order valence-corrected chi connectivity index (χ0v) is 13.0. The first-order valence-electron chi connectivity index (χ1n) is 7.66. The quantitative estimate of drug-likeness (QED) is 0.791. The fourth-order valence-corrected chi connectivity index (χ4v) is 2.72. The summed E-state index contributed by atoms with van der Waals surface area (Å²) in [6, 6.07) is -0.831. The molecule has 7 heteroatoms. The molecule has 0 radical (unpaired) electrons. The molecule has 1 aliphatic heterocycles. The second-order valence-electron chi connectivity index (χ2n) is 5.68. The minimum atomic E-state index is -0.987. The summed E-state index contributed by atoms with van der Waals surface area (Å²) in [7, 11) is 1.80. The summed E-state index contributed by atoms with van der Waals surface area (Å²) in [5, 5.41) is 16.0. The van der Waals surface area contributed by atoms with Crippen molar-refractivity contribution in [3.63, 3.8) is 0 Å². The van der Waals surface area contributed by atoms with E-state index in [1.807, 2.05) is 13.1 Å². The van der Waals surface area contributed by atoms with Crippen molar-refractivity contribution in [3.8, 4) is 0 Å². The number of aryl methyl sites for hydroxylation is 1. The summed E-state index contributed by atoms with van der Waals surface area (Å²) in [6.07, 6.45) is 5.85. The van der Waals surface area contributed by atoms with Gasteiger partial charge in [0.1, 0.15) is 6.04 Å². The Labute approximate surface area is 129 Å². The van der Waals surface area contributed by atoms with Gasteiger partial charge in [0.2, 0.25) is 5.91 Å². The molecule has 1 aliphatic rings. The third-order valence-corrected chi connectivity index (χ3v) is 3.94. The highest BCUT2D eigenvalue weighted by atomic mass is 16.5. The topological polar surface area (TPSA) is 93.5 Å². The standard InChI is InChI=1S/C15H23N3O4/c1-3-4-5-12(15(20)21)17-14(19)11-6-7-22-13(11)10-8-16-18(2)9-10/h8-9,11-13H,3-7H2,1-2H3,(H,17,19)(H,20,21)/t11-,12?,13+/m0/s1. The smallest absolute Gasteiger partial charge is 0.326 e. The molecule has 7 nitrogen and oxygen atoms in total. The molecule has 3 atom stereocenters. The summed E-state index contributed by atoms with van der Waals surface area (Å²) in [4.78, 5) is 23.7. The Hall–Kier alpha value is -1.89. The van der Waals surface area contributed by atoms with Crippen LogP contribution in [0.15, 0.2) is 12.4 Å². The maximum Gasteiger partial charge on any atom is 0.326 e. The fraction of sp³-hybridized carbons (Fsp3) is 0.667. The van der Waals surface area contributed by atoms with Gasteiger partial charge in [-0.25, -0.2) is 4.79 Å². The van der Waals surface area contributed by atoms with Crippen LogP contribution in [-0.4, -0.2) is 39.4 Å². The maximum absolute atomic E-state index is 12.4. The van der Waals surface area contributed by atoms with Crippen molar-refractivity contribution >= 4 is 11.9 Å². The van der Waals surface area contributed by atoms with Crippen molar-refractivity contribution in [2.45, 2.75) is 44.8 Å². The van der Waals surface area contributed by atoms with Crippen LogP contribution < -0.4 is 5.32 Å². The number of aliphatic carboxylic acids is 1. The Morgan fingerprint density at radius 1 is 1.59 bits per heavy atom. The van der Waals surface area contributed by atoms with Crippen LogP contribution in [0.2, 0.25) is 0 Å². The van der Waals surface area contributed by atoms with Crippen LogP contribution in [0.4, 0.5) is 0 Å². The van der Waals surface area contributed by atoms with E-state index in [1.165, 1.54) is 0 Å². The number of hydrogen-bond acceptors (Lipinski definition) is 4. The van der Waals surface area contributed by atoms with Crippen LogP contribution in [0.25, 0.3) is 0 Å². The lowest BCUT2D eigenvalue weighted by Crippen LogP contribution is -2.44. The molecule has 1 amide bonds. The Bertz CT molecular complexity index is 529. The molecule has 1 aromatic rings. The highest BCUT2D eigenvalue weighted by molar-refractivity contribution is 5.85. The van der Waals surface area contributed by atoms with Gasteiger partial charge in [-0.15, -0.1) is 0 Å². The highest BCUT2D eigenvalue weighted by Gasteiger charge is 2.37. The Morgan fingerprint density at radius 2 is 2.36 bits per heavy atom. The van der Waals surface area contributed by atoms with Crippen molar-refractivity contribution in [2.75, 3.05) is 6.61 Å². The average Bonchev–Trinajstić information content (AvgIpc) is 3.11. The van der Waals surface area contributed by atoms with Gasteiger partial charge in [-0.05, 0) is 12.8 Å². The van der Waals surface area contributed by atoms with Gasteiger partial charge in [-0.2, -0.15) is 5.10 Å². The molecular weight excluding hydrogens is 286 g/mol.